The maximum absolute atomic E-state index is 5.98. The van der Waals surface area contributed by atoms with E-state index in [0.717, 1.165) is 13.2 Å². The Labute approximate surface area is 125 Å². The van der Waals surface area contributed by atoms with Crippen LogP contribution in [0.3, 0.4) is 0 Å². The highest BCUT2D eigenvalue weighted by Gasteiger charge is 2.15. The average Bonchev–Trinajstić information content (AvgIpc) is 2.50. The summed E-state index contributed by atoms with van der Waals surface area (Å²) in [6.45, 7) is 10.8. The van der Waals surface area contributed by atoms with Gasteiger partial charge in [0.2, 0.25) is 0 Å². The predicted octanol–water partition coefficient (Wildman–Crippen LogP) is 4.67. The van der Waals surface area contributed by atoms with Crippen LogP contribution in [0.4, 0.5) is 0 Å². The van der Waals surface area contributed by atoms with Crippen molar-refractivity contribution in [2.75, 3.05) is 26.2 Å². The smallest absolute Gasteiger partial charge is 0.0951 e. The second-order valence-corrected chi connectivity index (χ2v) is 5.36. The zero-order chi connectivity index (χ0) is 14.6. The first-order valence-electron chi connectivity index (χ1n) is 8.20. The Kier molecular flexibility index (Phi) is 9.35. The van der Waals surface area contributed by atoms with Crippen molar-refractivity contribution in [3.05, 3.63) is 35.9 Å². The normalized spacial score (nSPS) is 12.8. The highest BCUT2D eigenvalue weighted by molar-refractivity contribution is 5.18. The van der Waals surface area contributed by atoms with Gasteiger partial charge in [-0.05, 0) is 38.4 Å². The maximum atomic E-state index is 5.98. The zero-order valence-corrected chi connectivity index (χ0v) is 13.5. The van der Waals surface area contributed by atoms with Crippen LogP contribution in [0.1, 0.15) is 58.1 Å². The van der Waals surface area contributed by atoms with E-state index < -0.39 is 0 Å². The van der Waals surface area contributed by atoms with E-state index in [9.17, 15) is 0 Å². The van der Waals surface area contributed by atoms with E-state index in [1.807, 2.05) is 0 Å². The molecule has 0 aliphatic heterocycles. The first-order valence-corrected chi connectivity index (χ1v) is 8.20. The minimum atomic E-state index is 0.204. The van der Waals surface area contributed by atoms with Gasteiger partial charge in [-0.15, -0.1) is 0 Å². The molecule has 0 bridgehead atoms. The molecule has 1 atom stereocenters. The molecule has 0 aliphatic rings. The van der Waals surface area contributed by atoms with E-state index in [2.05, 4.69) is 56.0 Å². The average molecular weight is 277 g/mol. The first-order chi connectivity index (χ1) is 9.81. The Morgan fingerprint density at radius 3 is 2.05 bits per heavy atom. The standard InChI is InChI=1S/C18H31NO/c1-4-7-14-19(15-8-5-2)16-18(20-6-3)17-12-10-9-11-13-17/h9-13,18H,4-8,14-16H2,1-3H3. The number of nitrogens with zero attached hydrogens (tertiary/aromatic N) is 1. The van der Waals surface area contributed by atoms with Crippen molar-refractivity contribution in [3.63, 3.8) is 0 Å². The van der Waals surface area contributed by atoms with E-state index in [4.69, 9.17) is 4.74 Å². The monoisotopic (exact) mass is 277 g/mol. The van der Waals surface area contributed by atoms with Crippen molar-refractivity contribution in [1.29, 1.82) is 0 Å². The molecule has 2 nitrogen and oxygen atoms in total. The van der Waals surface area contributed by atoms with E-state index in [-0.39, 0.29) is 6.10 Å². The van der Waals surface area contributed by atoms with E-state index >= 15 is 0 Å². The first kappa shape index (κ1) is 17.2. The van der Waals surface area contributed by atoms with Crippen molar-refractivity contribution in [2.45, 2.75) is 52.6 Å². The molecule has 0 fully saturated rings. The van der Waals surface area contributed by atoms with Crippen molar-refractivity contribution in [2.24, 2.45) is 0 Å². The Bertz CT molecular complexity index is 317. The van der Waals surface area contributed by atoms with Gasteiger partial charge in [0.05, 0.1) is 6.10 Å². The topological polar surface area (TPSA) is 12.5 Å². The molecule has 0 spiro atoms. The lowest BCUT2D eigenvalue weighted by Gasteiger charge is -2.27. The summed E-state index contributed by atoms with van der Waals surface area (Å²) in [6, 6.07) is 10.6. The number of rotatable bonds is 11. The number of hydrogen-bond donors (Lipinski definition) is 0. The van der Waals surface area contributed by atoms with Crippen LogP contribution < -0.4 is 0 Å². The van der Waals surface area contributed by atoms with Gasteiger partial charge < -0.3 is 9.64 Å². The molecule has 1 unspecified atom stereocenters. The summed E-state index contributed by atoms with van der Waals surface area (Å²) in [5.74, 6) is 0. The highest BCUT2D eigenvalue weighted by Crippen LogP contribution is 2.19. The van der Waals surface area contributed by atoms with Gasteiger partial charge in [-0.25, -0.2) is 0 Å². The molecule has 0 aromatic heterocycles. The van der Waals surface area contributed by atoms with Gasteiger partial charge in [0.15, 0.2) is 0 Å². The summed E-state index contributed by atoms with van der Waals surface area (Å²) in [7, 11) is 0. The minimum Gasteiger partial charge on any atom is -0.372 e. The van der Waals surface area contributed by atoms with Gasteiger partial charge in [-0.2, -0.15) is 0 Å². The fourth-order valence-electron chi connectivity index (χ4n) is 2.42. The quantitative estimate of drug-likeness (QED) is 0.583. The van der Waals surface area contributed by atoms with E-state index in [1.54, 1.807) is 0 Å². The maximum Gasteiger partial charge on any atom is 0.0951 e. The van der Waals surface area contributed by atoms with E-state index in [0.29, 0.717) is 0 Å². The lowest BCUT2D eigenvalue weighted by Crippen LogP contribution is -2.31. The predicted molar refractivity (Wildman–Crippen MR) is 87.1 cm³/mol. The highest BCUT2D eigenvalue weighted by atomic mass is 16.5. The molecule has 0 saturated heterocycles. The molecule has 1 aromatic carbocycles. The number of hydrogen-bond acceptors (Lipinski definition) is 2. The fraction of sp³-hybridized carbons (Fsp3) is 0.667. The molecule has 0 amide bonds. The second kappa shape index (κ2) is 10.9. The molecule has 0 radical (unpaired) electrons. The summed E-state index contributed by atoms with van der Waals surface area (Å²) >= 11 is 0. The molecule has 114 valence electrons. The van der Waals surface area contributed by atoms with Crippen molar-refractivity contribution >= 4 is 0 Å². The van der Waals surface area contributed by atoms with Crippen LogP contribution in [0, 0.1) is 0 Å². The Morgan fingerprint density at radius 1 is 0.950 bits per heavy atom. The summed E-state index contributed by atoms with van der Waals surface area (Å²) < 4.78 is 5.98. The number of benzene rings is 1. The minimum absolute atomic E-state index is 0.204. The van der Waals surface area contributed by atoms with Crippen LogP contribution in [0.15, 0.2) is 30.3 Å². The van der Waals surface area contributed by atoms with Crippen molar-refractivity contribution < 1.29 is 4.74 Å². The van der Waals surface area contributed by atoms with Gasteiger partial charge in [-0.1, -0.05) is 57.0 Å². The van der Waals surface area contributed by atoms with Gasteiger partial charge >= 0.3 is 0 Å². The Balaban J connectivity index is 2.63. The SMILES string of the molecule is CCCCN(CCCC)CC(OCC)c1ccccc1. The van der Waals surface area contributed by atoms with Gasteiger partial charge in [0.25, 0.3) is 0 Å². The van der Waals surface area contributed by atoms with Crippen molar-refractivity contribution in [3.8, 4) is 0 Å². The lowest BCUT2D eigenvalue weighted by molar-refractivity contribution is 0.0317. The van der Waals surface area contributed by atoms with Crippen LogP contribution in [0.5, 0.6) is 0 Å². The molecule has 1 aromatic rings. The fourth-order valence-corrected chi connectivity index (χ4v) is 2.42. The summed E-state index contributed by atoms with van der Waals surface area (Å²) in [4.78, 5) is 2.57. The molecule has 0 aliphatic carbocycles. The van der Waals surface area contributed by atoms with Crippen LogP contribution in [0.25, 0.3) is 0 Å². The van der Waals surface area contributed by atoms with Crippen LogP contribution in [-0.4, -0.2) is 31.1 Å². The van der Waals surface area contributed by atoms with Crippen molar-refractivity contribution in [1.82, 2.24) is 4.90 Å². The largest absolute Gasteiger partial charge is 0.372 e. The van der Waals surface area contributed by atoms with Gasteiger partial charge in [0, 0.05) is 13.2 Å². The molecule has 0 N–H and O–H groups in total. The summed E-state index contributed by atoms with van der Waals surface area (Å²) in [5.41, 5.74) is 1.30. The molecular weight excluding hydrogens is 246 g/mol. The molecular formula is C18H31NO. The summed E-state index contributed by atoms with van der Waals surface area (Å²) in [5, 5.41) is 0. The number of ether oxygens (including phenoxy) is 1. The molecule has 20 heavy (non-hydrogen) atoms. The van der Waals surface area contributed by atoms with Gasteiger partial charge in [-0.3, -0.25) is 0 Å². The molecule has 0 saturated carbocycles. The van der Waals surface area contributed by atoms with Crippen LogP contribution in [0.2, 0.25) is 0 Å². The molecule has 0 heterocycles. The van der Waals surface area contributed by atoms with Crippen LogP contribution >= 0.6 is 0 Å². The third kappa shape index (κ3) is 6.53. The zero-order valence-electron chi connectivity index (χ0n) is 13.5. The molecule has 1 rings (SSSR count). The van der Waals surface area contributed by atoms with E-state index in [1.165, 1.54) is 44.3 Å². The molecule has 2 heteroatoms. The van der Waals surface area contributed by atoms with Crippen LogP contribution in [-0.2, 0) is 4.74 Å². The number of unbranched alkanes of at least 4 members (excludes halogenated alkanes) is 2. The lowest BCUT2D eigenvalue weighted by atomic mass is 10.1. The third-order valence-electron chi connectivity index (χ3n) is 3.62. The van der Waals surface area contributed by atoms with Gasteiger partial charge in [0.1, 0.15) is 0 Å². The second-order valence-electron chi connectivity index (χ2n) is 5.36. The Morgan fingerprint density at radius 2 is 1.55 bits per heavy atom. The third-order valence-corrected chi connectivity index (χ3v) is 3.62. The Hall–Kier alpha value is -0.860. The summed E-state index contributed by atoms with van der Waals surface area (Å²) in [6.07, 6.45) is 5.27.